The van der Waals surface area contributed by atoms with Gasteiger partial charge >= 0.3 is 0 Å². The lowest BCUT2D eigenvalue weighted by Crippen LogP contribution is -2.38. The van der Waals surface area contributed by atoms with Crippen LogP contribution in [0.4, 0.5) is 0 Å². The zero-order chi connectivity index (χ0) is 13.5. The van der Waals surface area contributed by atoms with E-state index in [1.54, 1.807) is 12.1 Å². The van der Waals surface area contributed by atoms with Crippen molar-refractivity contribution in [1.82, 2.24) is 4.90 Å². The lowest BCUT2D eigenvalue weighted by atomic mass is 10.1. The second-order valence-corrected chi connectivity index (χ2v) is 5.03. The quantitative estimate of drug-likeness (QED) is 0.642. The molecular formula is C13H19ClN2O3. The Morgan fingerprint density at radius 1 is 1.47 bits per heavy atom. The second kappa shape index (κ2) is 7.53. The van der Waals surface area contributed by atoms with Gasteiger partial charge in [0, 0.05) is 6.54 Å². The van der Waals surface area contributed by atoms with Crippen LogP contribution in [0.5, 0.6) is 0 Å². The molecular weight excluding hydrogens is 268 g/mol. The van der Waals surface area contributed by atoms with Gasteiger partial charge in [-0.2, -0.15) is 0 Å². The fraction of sp³-hybridized carbons (Fsp3) is 0.615. The minimum absolute atomic E-state index is 0.132. The fourth-order valence-corrected chi connectivity index (χ4v) is 2.27. The van der Waals surface area contributed by atoms with Crippen LogP contribution >= 0.6 is 11.6 Å². The first-order valence-electron chi connectivity index (χ1n) is 6.55. The van der Waals surface area contributed by atoms with Gasteiger partial charge in [0.15, 0.2) is 5.76 Å². The van der Waals surface area contributed by atoms with Crippen LogP contribution < -0.4 is 0 Å². The molecule has 0 bridgehead atoms. The molecule has 5 nitrogen and oxygen atoms in total. The van der Waals surface area contributed by atoms with Crippen molar-refractivity contribution in [3.63, 3.8) is 0 Å². The Hall–Kier alpha value is -1.04. The van der Waals surface area contributed by atoms with Crippen molar-refractivity contribution in [3.8, 4) is 0 Å². The van der Waals surface area contributed by atoms with Crippen LogP contribution in [0.25, 0.3) is 0 Å². The molecule has 1 aromatic heterocycles. The lowest BCUT2D eigenvalue weighted by molar-refractivity contribution is 0.0160. The summed E-state index contributed by atoms with van der Waals surface area (Å²) in [6.07, 6.45) is 4.65. The zero-order valence-electron chi connectivity index (χ0n) is 10.8. The number of likely N-dealkylation sites (tertiary alicyclic amines) is 1. The Kier molecular flexibility index (Phi) is 5.69. The summed E-state index contributed by atoms with van der Waals surface area (Å²) in [5.41, 5.74) is 0. The molecule has 0 radical (unpaired) electrons. The zero-order valence-corrected chi connectivity index (χ0v) is 11.6. The Morgan fingerprint density at radius 2 is 2.26 bits per heavy atom. The monoisotopic (exact) mass is 286 g/mol. The SMILES string of the molecule is OC(CON=C(Cl)c1ccco1)CN1CCCCC1. The van der Waals surface area contributed by atoms with Gasteiger partial charge in [-0.25, -0.2) is 0 Å². The van der Waals surface area contributed by atoms with E-state index in [1.807, 2.05) is 0 Å². The van der Waals surface area contributed by atoms with Crippen LogP contribution in [-0.2, 0) is 4.84 Å². The molecule has 1 N–H and O–H groups in total. The predicted octanol–water partition coefficient (Wildman–Crippen LogP) is 2.04. The van der Waals surface area contributed by atoms with Crippen LogP contribution in [0.2, 0.25) is 0 Å². The number of halogens is 1. The van der Waals surface area contributed by atoms with Crippen LogP contribution in [-0.4, -0.2) is 47.5 Å². The van der Waals surface area contributed by atoms with Crippen LogP contribution in [0.3, 0.4) is 0 Å². The number of rotatable bonds is 6. The molecule has 6 heteroatoms. The summed E-state index contributed by atoms with van der Waals surface area (Å²) in [6.45, 7) is 2.85. The number of piperidine rings is 1. The molecule has 1 saturated heterocycles. The normalized spacial score (nSPS) is 19.4. The molecule has 0 spiro atoms. The fourth-order valence-electron chi connectivity index (χ4n) is 2.11. The largest absolute Gasteiger partial charge is 0.462 e. The summed E-state index contributed by atoms with van der Waals surface area (Å²) in [6, 6.07) is 3.41. The maximum absolute atomic E-state index is 9.84. The topological polar surface area (TPSA) is 58.2 Å². The highest BCUT2D eigenvalue weighted by atomic mass is 35.5. The van der Waals surface area contributed by atoms with E-state index in [0.717, 1.165) is 13.1 Å². The third kappa shape index (κ3) is 4.86. The third-order valence-corrected chi connectivity index (χ3v) is 3.31. The van der Waals surface area contributed by atoms with Gasteiger partial charge < -0.3 is 19.3 Å². The molecule has 0 aliphatic carbocycles. The molecule has 1 fully saturated rings. The molecule has 0 saturated carbocycles. The first kappa shape index (κ1) is 14.4. The van der Waals surface area contributed by atoms with Crippen molar-refractivity contribution in [2.24, 2.45) is 5.16 Å². The van der Waals surface area contributed by atoms with Crippen molar-refractivity contribution in [2.75, 3.05) is 26.2 Å². The number of nitrogens with zero attached hydrogens (tertiary/aromatic N) is 2. The highest BCUT2D eigenvalue weighted by Crippen LogP contribution is 2.09. The highest BCUT2D eigenvalue weighted by Gasteiger charge is 2.15. The molecule has 2 heterocycles. The number of β-amino-alcohol motifs (C(OH)–C–C–N with tert-alkyl or cyclic N) is 1. The number of furan rings is 1. The Bertz CT molecular complexity index is 389. The summed E-state index contributed by atoms with van der Waals surface area (Å²) in [7, 11) is 0. The predicted molar refractivity (Wildman–Crippen MR) is 73.3 cm³/mol. The number of hydrogen-bond acceptors (Lipinski definition) is 5. The molecule has 106 valence electrons. The molecule has 19 heavy (non-hydrogen) atoms. The molecule has 1 aliphatic heterocycles. The van der Waals surface area contributed by atoms with Crippen molar-refractivity contribution in [2.45, 2.75) is 25.4 Å². The highest BCUT2D eigenvalue weighted by molar-refractivity contribution is 6.69. The van der Waals surface area contributed by atoms with Gasteiger partial charge in [0.1, 0.15) is 12.7 Å². The number of oxime groups is 1. The van der Waals surface area contributed by atoms with E-state index in [4.69, 9.17) is 20.9 Å². The third-order valence-electron chi connectivity index (χ3n) is 3.05. The molecule has 1 aliphatic rings. The maximum atomic E-state index is 9.84. The summed E-state index contributed by atoms with van der Waals surface area (Å²) < 4.78 is 5.06. The minimum Gasteiger partial charge on any atom is -0.462 e. The van der Waals surface area contributed by atoms with Gasteiger partial charge in [-0.3, -0.25) is 0 Å². The van der Waals surface area contributed by atoms with E-state index in [2.05, 4.69) is 10.1 Å². The number of hydrogen-bond donors (Lipinski definition) is 1. The van der Waals surface area contributed by atoms with Gasteiger partial charge in [0.05, 0.1) is 6.26 Å². The van der Waals surface area contributed by atoms with E-state index in [1.165, 1.54) is 25.5 Å². The average molecular weight is 287 g/mol. The maximum Gasteiger partial charge on any atom is 0.211 e. The van der Waals surface area contributed by atoms with E-state index in [9.17, 15) is 5.11 Å². The van der Waals surface area contributed by atoms with Crippen molar-refractivity contribution < 1.29 is 14.4 Å². The molecule has 2 rings (SSSR count). The molecule has 1 aromatic rings. The minimum atomic E-state index is -0.553. The first-order valence-corrected chi connectivity index (χ1v) is 6.93. The summed E-state index contributed by atoms with van der Waals surface area (Å²) >= 11 is 5.86. The van der Waals surface area contributed by atoms with Gasteiger partial charge in [0.25, 0.3) is 0 Å². The van der Waals surface area contributed by atoms with Crippen molar-refractivity contribution in [1.29, 1.82) is 0 Å². The van der Waals surface area contributed by atoms with Gasteiger partial charge in [-0.05, 0) is 38.1 Å². The summed E-state index contributed by atoms with van der Waals surface area (Å²) in [5.74, 6) is 0.451. The van der Waals surface area contributed by atoms with E-state index >= 15 is 0 Å². The number of aliphatic hydroxyl groups excluding tert-OH is 1. The van der Waals surface area contributed by atoms with Gasteiger partial charge in [-0.15, -0.1) is 0 Å². The molecule has 1 unspecified atom stereocenters. The Morgan fingerprint density at radius 3 is 2.95 bits per heavy atom. The average Bonchev–Trinajstić information content (AvgIpc) is 2.93. The molecule has 0 aromatic carbocycles. The Balaban J connectivity index is 1.68. The van der Waals surface area contributed by atoms with Crippen LogP contribution in [0.1, 0.15) is 25.0 Å². The van der Waals surface area contributed by atoms with E-state index < -0.39 is 6.10 Å². The van der Waals surface area contributed by atoms with Gasteiger partial charge in [-0.1, -0.05) is 23.2 Å². The standard InChI is InChI=1S/C13H19ClN2O3/c14-13(12-5-4-8-18-12)15-19-10-11(17)9-16-6-2-1-3-7-16/h4-5,8,11,17H,1-3,6-7,9-10H2. The first-order chi connectivity index (χ1) is 9.25. The summed E-state index contributed by atoms with van der Waals surface area (Å²) in [4.78, 5) is 7.29. The Labute approximate surface area is 117 Å². The lowest BCUT2D eigenvalue weighted by Gasteiger charge is -2.27. The van der Waals surface area contributed by atoms with E-state index in [0.29, 0.717) is 12.3 Å². The van der Waals surface area contributed by atoms with E-state index in [-0.39, 0.29) is 11.8 Å². The van der Waals surface area contributed by atoms with Crippen LogP contribution in [0.15, 0.2) is 28.0 Å². The smallest absolute Gasteiger partial charge is 0.211 e. The van der Waals surface area contributed by atoms with Crippen molar-refractivity contribution >= 4 is 16.8 Å². The van der Waals surface area contributed by atoms with Crippen molar-refractivity contribution in [3.05, 3.63) is 24.2 Å². The van der Waals surface area contributed by atoms with Crippen LogP contribution in [0, 0.1) is 0 Å². The van der Waals surface area contributed by atoms with Gasteiger partial charge in [0.2, 0.25) is 5.17 Å². The second-order valence-electron chi connectivity index (χ2n) is 4.67. The summed E-state index contributed by atoms with van der Waals surface area (Å²) in [5, 5.41) is 13.7. The molecule has 0 amide bonds. The number of aliphatic hydroxyl groups is 1. The molecule has 1 atom stereocenters.